The van der Waals surface area contributed by atoms with Gasteiger partial charge in [0.25, 0.3) is 0 Å². The maximum atomic E-state index is 13.8. The third-order valence-electron chi connectivity index (χ3n) is 5.07. The van der Waals surface area contributed by atoms with Crippen LogP contribution in [-0.2, 0) is 4.79 Å². The molecule has 1 fully saturated rings. The molecule has 2 aliphatic rings. The minimum atomic E-state index is -0.657. The fraction of sp³-hybridized carbons (Fsp3) is 0.381. The molecule has 0 spiro atoms. The van der Waals surface area contributed by atoms with E-state index in [0.29, 0.717) is 13.2 Å². The highest BCUT2D eigenvalue weighted by atomic mass is 19.1. The van der Waals surface area contributed by atoms with Gasteiger partial charge in [-0.05, 0) is 49.2 Å². The molecule has 0 aliphatic carbocycles. The first-order chi connectivity index (χ1) is 13.6. The van der Waals surface area contributed by atoms with Crippen LogP contribution < -0.4 is 14.8 Å². The molecule has 4 rings (SSSR count). The van der Waals surface area contributed by atoms with E-state index in [4.69, 9.17) is 9.47 Å². The van der Waals surface area contributed by atoms with E-state index in [9.17, 15) is 13.6 Å². The predicted octanol–water partition coefficient (Wildman–Crippen LogP) is 3.90. The van der Waals surface area contributed by atoms with Gasteiger partial charge in [-0.15, -0.1) is 0 Å². The van der Waals surface area contributed by atoms with Crippen molar-refractivity contribution in [3.63, 3.8) is 0 Å². The van der Waals surface area contributed by atoms with Crippen LogP contribution in [0.3, 0.4) is 0 Å². The van der Waals surface area contributed by atoms with Gasteiger partial charge in [-0.1, -0.05) is 6.07 Å². The van der Waals surface area contributed by atoms with Gasteiger partial charge in [0.05, 0.1) is 25.4 Å². The van der Waals surface area contributed by atoms with Gasteiger partial charge in [0.15, 0.2) is 11.5 Å². The molecule has 0 radical (unpaired) electrons. The van der Waals surface area contributed by atoms with E-state index < -0.39 is 11.6 Å². The first-order valence-corrected chi connectivity index (χ1v) is 9.48. The molecule has 7 heteroatoms. The summed E-state index contributed by atoms with van der Waals surface area (Å²) in [4.78, 5) is 14.4. The van der Waals surface area contributed by atoms with Crippen LogP contribution in [0.1, 0.15) is 30.9 Å². The molecule has 2 heterocycles. The summed E-state index contributed by atoms with van der Waals surface area (Å²) in [6.45, 7) is 2.12. The number of likely N-dealkylation sites (tertiary alicyclic amines) is 1. The van der Waals surface area contributed by atoms with Gasteiger partial charge in [0.1, 0.15) is 11.6 Å². The summed E-state index contributed by atoms with van der Waals surface area (Å²) in [6.07, 6.45) is 2.72. The second-order valence-corrected chi connectivity index (χ2v) is 7.06. The Bertz CT molecular complexity index is 875. The molecular weight excluding hydrogens is 366 g/mol. The van der Waals surface area contributed by atoms with Crippen LogP contribution in [0.15, 0.2) is 36.4 Å². The van der Waals surface area contributed by atoms with E-state index in [1.807, 2.05) is 23.1 Å². The lowest BCUT2D eigenvalue weighted by atomic mass is 10.0. The Kier molecular flexibility index (Phi) is 5.43. The van der Waals surface area contributed by atoms with Crippen molar-refractivity contribution >= 4 is 11.6 Å². The number of rotatable bonds is 4. The number of anilines is 1. The molecule has 2 aliphatic heterocycles. The van der Waals surface area contributed by atoms with Crippen molar-refractivity contribution in [1.29, 1.82) is 0 Å². The fourth-order valence-electron chi connectivity index (χ4n) is 3.75. The highest BCUT2D eigenvalue weighted by Gasteiger charge is 2.28. The molecule has 0 saturated carbocycles. The number of ether oxygens (including phenoxy) is 2. The van der Waals surface area contributed by atoms with E-state index in [0.717, 1.165) is 61.1 Å². The minimum Gasteiger partial charge on any atom is -0.490 e. The monoisotopic (exact) mass is 388 g/mol. The Morgan fingerprint density at radius 3 is 2.75 bits per heavy atom. The molecule has 0 aromatic heterocycles. The Morgan fingerprint density at radius 2 is 1.89 bits per heavy atom. The van der Waals surface area contributed by atoms with Crippen LogP contribution in [0.25, 0.3) is 0 Å². The Balaban J connectivity index is 1.45. The quantitative estimate of drug-likeness (QED) is 0.863. The van der Waals surface area contributed by atoms with Crippen molar-refractivity contribution < 1.29 is 23.0 Å². The molecule has 1 amide bonds. The number of amides is 1. The molecule has 5 nitrogen and oxygen atoms in total. The lowest BCUT2D eigenvalue weighted by Crippen LogP contribution is -2.33. The van der Waals surface area contributed by atoms with Crippen LogP contribution in [0.2, 0.25) is 0 Å². The number of nitrogens with one attached hydrogen (secondary N) is 1. The molecule has 1 N–H and O–H groups in total. The normalized spacial score (nSPS) is 19.3. The van der Waals surface area contributed by atoms with E-state index in [1.165, 1.54) is 0 Å². The smallest absolute Gasteiger partial charge is 0.238 e. The third-order valence-corrected chi connectivity index (χ3v) is 5.07. The summed E-state index contributed by atoms with van der Waals surface area (Å²) >= 11 is 0. The van der Waals surface area contributed by atoms with Crippen LogP contribution in [0.5, 0.6) is 11.5 Å². The SMILES string of the molecule is O=C(CN1CCC[C@@H]1c1ccc2c(c1)OCCCO2)Nc1cc(F)ccc1F. The maximum Gasteiger partial charge on any atom is 0.238 e. The Labute approximate surface area is 162 Å². The molecular formula is C21H22F2N2O3. The standard InChI is InChI=1S/C21H22F2N2O3/c22-15-5-6-16(23)17(12-15)24-21(26)13-25-8-1-3-18(25)14-4-7-19-20(11-14)28-10-2-9-27-19/h4-7,11-12,18H,1-3,8-10,13H2,(H,24,26)/t18-/m1/s1. The summed E-state index contributed by atoms with van der Waals surface area (Å²) in [5.41, 5.74) is 0.919. The van der Waals surface area contributed by atoms with Crippen molar-refractivity contribution in [2.45, 2.75) is 25.3 Å². The summed E-state index contributed by atoms with van der Waals surface area (Å²) in [7, 11) is 0. The zero-order valence-electron chi connectivity index (χ0n) is 15.4. The number of carbonyl (C=O) groups excluding carboxylic acids is 1. The molecule has 0 bridgehead atoms. The minimum absolute atomic E-state index is 0.0697. The molecule has 1 saturated heterocycles. The number of fused-ring (bicyclic) bond motifs is 1. The zero-order valence-corrected chi connectivity index (χ0v) is 15.4. The van der Waals surface area contributed by atoms with Crippen LogP contribution in [0.4, 0.5) is 14.5 Å². The summed E-state index contributed by atoms with van der Waals surface area (Å²) in [5.74, 6) is -0.150. The first-order valence-electron chi connectivity index (χ1n) is 9.48. The van der Waals surface area contributed by atoms with Crippen molar-refractivity contribution in [3.05, 3.63) is 53.6 Å². The van der Waals surface area contributed by atoms with Crippen molar-refractivity contribution in [3.8, 4) is 11.5 Å². The van der Waals surface area contributed by atoms with E-state index in [-0.39, 0.29) is 24.2 Å². The molecule has 2 aromatic carbocycles. The second-order valence-electron chi connectivity index (χ2n) is 7.06. The average Bonchev–Trinajstić information content (AvgIpc) is 3.00. The Morgan fingerprint density at radius 1 is 1.07 bits per heavy atom. The second kappa shape index (κ2) is 8.14. The summed E-state index contributed by atoms with van der Waals surface area (Å²) in [5, 5.41) is 2.47. The number of hydrogen-bond acceptors (Lipinski definition) is 4. The van der Waals surface area contributed by atoms with E-state index in [1.54, 1.807) is 0 Å². The lowest BCUT2D eigenvalue weighted by Gasteiger charge is -2.25. The summed E-state index contributed by atoms with van der Waals surface area (Å²) in [6, 6.07) is 8.97. The van der Waals surface area contributed by atoms with Gasteiger partial charge in [-0.2, -0.15) is 0 Å². The molecule has 0 unspecified atom stereocenters. The number of halogens is 2. The molecule has 1 atom stereocenters. The molecule has 28 heavy (non-hydrogen) atoms. The number of hydrogen-bond donors (Lipinski definition) is 1. The van der Waals surface area contributed by atoms with Gasteiger partial charge in [-0.3, -0.25) is 9.69 Å². The van der Waals surface area contributed by atoms with Gasteiger partial charge in [0.2, 0.25) is 5.91 Å². The number of nitrogens with zero attached hydrogens (tertiary/aromatic N) is 1. The predicted molar refractivity (Wildman–Crippen MR) is 101 cm³/mol. The zero-order chi connectivity index (χ0) is 19.5. The Hall–Kier alpha value is -2.67. The van der Waals surface area contributed by atoms with Crippen LogP contribution >= 0.6 is 0 Å². The average molecular weight is 388 g/mol. The van der Waals surface area contributed by atoms with Crippen molar-refractivity contribution in [1.82, 2.24) is 4.90 Å². The van der Waals surface area contributed by atoms with Gasteiger partial charge in [0, 0.05) is 18.5 Å². The van der Waals surface area contributed by atoms with Gasteiger partial charge < -0.3 is 14.8 Å². The van der Waals surface area contributed by atoms with Crippen LogP contribution in [-0.4, -0.2) is 37.1 Å². The third kappa shape index (κ3) is 4.09. The highest BCUT2D eigenvalue weighted by Crippen LogP contribution is 2.37. The van der Waals surface area contributed by atoms with E-state index in [2.05, 4.69) is 5.32 Å². The van der Waals surface area contributed by atoms with E-state index >= 15 is 0 Å². The van der Waals surface area contributed by atoms with Crippen molar-refractivity contribution in [2.24, 2.45) is 0 Å². The fourth-order valence-corrected chi connectivity index (χ4v) is 3.75. The number of benzene rings is 2. The van der Waals surface area contributed by atoms with Crippen LogP contribution in [0, 0.1) is 11.6 Å². The largest absolute Gasteiger partial charge is 0.490 e. The van der Waals surface area contributed by atoms with Crippen molar-refractivity contribution in [2.75, 3.05) is 31.6 Å². The molecule has 148 valence electrons. The topological polar surface area (TPSA) is 50.8 Å². The summed E-state index contributed by atoms with van der Waals surface area (Å²) < 4.78 is 38.5. The highest BCUT2D eigenvalue weighted by molar-refractivity contribution is 5.92. The first kappa shape index (κ1) is 18.7. The lowest BCUT2D eigenvalue weighted by molar-refractivity contribution is -0.117. The van der Waals surface area contributed by atoms with Gasteiger partial charge in [-0.25, -0.2) is 8.78 Å². The molecule has 2 aromatic rings. The maximum absolute atomic E-state index is 13.8. The van der Waals surface area contributed by atoms with Gasteiger partial charge >= 0.3 is 0 Å². The number of carbonyl (C=O) groups is 1.